The summed E-state index contributed by atoms with van der Waals surface area (Å²) in [6.45, 7) is 7.95. The quantitative estimate of drug-likeness (QED) is 0.664. The fraction of sp³-hybridized carbons (Fsp3) is 0.579. The molecule has 0 aromatic carbocycles. The van der Waals surface area contributed by atoms with Crippen molar-refractivity contribution in [3.05, 3.63) is 24.2 Å². The topological polar surface area (TPSA) is 136 Å². The van der Waals surface area contributed by atoms with Gasteiger partial charge in [0.25, 0.3) is 0 Å². The van der Waals surface area contributed by atoms with Crippen LogP contribution in [0.1, 0.15) is 39.2 Å². The minimum atomic E-state index is -3.15. The van der Waals surface area contributed by atoms with Crippen molar-refractivity contribution in [1.29, 1.82) is 0 Å². The summed E-state index contributed by atoms with van der Waals surface area (Å²) in [5, 5.41) is 7.60. The molecular formula is C19H29N7O3S. The standard InChI is InChI=1S/C19H29N7O3S/c1-5-30(28,29)25-8-6-15(7-9-25)23-18-21-10-13(2)16(24-18)14-11-22-26(12-14)19(3,4)17(20)27/h10-12,15H,5-9H2,1-4H3,(H2,20,27)(H,21,23,24). The number of rotatable bonds is 7. The lowest BCUT2D eigenvalue weighted by Crippen LogP contribution is -2.43. The fourth-order valence-electron chi connectivity index (χ4n) is 3.31. The Labute approximate surface area is 176 Å². The highest BCUT2D eigenvalue weighted by atomic mass is 32.2. The molecular weight excluding hydrogens is 406 g/mol. The first-order valence-corrected chi connectivity index (χ1v) is 11.6. The second-order valence-corrected chi connectivity index (χ2v) is 10.3. The van der Waals surface area contributed by atoms with E-state index in [-0.39, 0.29) is 11.8 Å². The van der Waals surface area contributed by atoms with Gasteiger partial charge in [-0.25, -0.2) is 22.7 Å². The molecule has 1 fully saturated rings. The fourth-order valence-corrected chi connectivity index (χ4v) is 4.44. The third-order valence-corrected chi connectivity index (χ3v) is 7.43. The number of nitrogens with zero attached hydrogens (tertiary/aromatic N) is 5. The molecule has 0 aliphatic carbocycles. The SMILES string of the molecule is CCS(=O)(=O)N1CCC(Nc2ncc(C)c(-c3cnn(C(C)(C)C(N)=O)c3)n2)CC1. The number of nitrogens with two attached hydrogens (primary N) is 1. The molecule has 3 N–H and O–H groups in total. The van der Waals surface area contributed by atoms with E-state index in [1.54, 1.807) is 43.7 Å². The van der Waals surface area contributed by atoms with Crippen molar-refractivity contribution >= 4 is 21.9 Å². The van der Waals surface area contributed by atoms with Gasteiger partial charge in [-0.15, -0.1) is 0 Å². The van der Waals surface area contributed by atoms with Gasteiger partial charge >= 0.3 is 0 Å². The van der Waals surface area contributed by atoms with Crippen LogP contribution in [0.4, 0.5) is 5.95 Å². The second-order valence-electron chi connectivity index (χ2n) is 8.04. The van der Waals surface area contributed by atoms with E-state index in [0.29, 0.717) is 37.6 Å². The van der Waals surface area contributed by atoms with Crippen molar-refractivity contribution in [1.82, 2.24) is 24.1 Å². The number of anilines is 1. The van der Waals surface area contributed by atoms with Gasteiger partial charge in [-0.3, -0.25) is 9.48 Å². The average Bonchev–Trinajstić information content (AvgIpc) is 3.20. The number of aryl methyl sites for hydroxylation is 1. The zero-order valence-corrected chi connectivity index (χ0v) is 18.6. The van der Waals surface area contributed by atoms with Crippen molar-refractivity contribution in [3.8, 4) is 11.3 Å². The molecule has 164 valence electrons. The van der Waals surface area contributed by atoms with Crippen molar-refractivity contribution in [2.45, 2.75) is 52.1 Å². The van der Waals surface area contributed by atoms with Gasteiger partial charge in [0.2, 0.25) is 21.9 Å². The average molecular weight is 436 g/mol. The number of carbonyl (C=O) groups excluding carboxylic acids is 1. The van der Waals surface area contributed by atoms with Crippen molar-refractivity contribution < 1.29 is 13.2 Å². The van der Waals surface area contributed by atoms with E-state index in [1.165, 1.54) is 4.68 Å². The summed E-state index contributed by atoms with van der Waals surface area (Å²) >= 11 is 0. The zero-order chi connectivity index (χ0) is 22.1. The van der Waals surface area contributed by atoms with Gasteiger partial charge in [-0.2, -0.15) is 5.10 Å². The molecule has 3 rings (SSSR count). The number of amides is 1. The molecule has 2 aromatic rings. The summed E-state index contributed by atoms with van der Waals surface area (Å²) < 4.78 is 27.1. The predicted octanol–water partition coefficient (Wildman–Crippen LogP) is 1.09. The molecule has 1 saturated heterocycles. The first-order valence-electron chi connectivity index (χ1n) is 9.98. The summed E-state index contributed by atoms with van der Waals surface area (Å²) in [6.07, 6.45) is 6.51. The van der Waals surface area contributed by atoms with Gasteiger partial charge in [-0.1, -0.05) is 0 Å². The lowest BCUT2D eigenvalue weighted by Gasteiger charge is -2.31. The lowest BCUT2D eigenvalue weighted by atomic mass is 10.1. The van der Waals surface area contributed by atoms with Crippen LogP contribution < -0.4 is 11.1 Å². The Balaban J connectivity index is 1.74. The third-order valence-electron chi connectivity index (χ3n) is 5.55. The second kappa shape index (κ2) is 8.31. The number of nitrogens with one attached hydrogen (secondary N) is 1. The van der Waals surface area contributed by atoms with Crippen LogP contribution in [0.3, 0.4) is 0 Å². The van der Waals surface area contributed by atoms with E-state index in [2.05, 4.69) is 20.4 Å². The minimum Gasteiger partial charge on any atom is -0.368 e. The van der Waals surface area contributed by atoms with E-state index in [0.717, 1.165) is 11.1 Å². The zero-order valence-electron chi connectivity index (χ0n) is 17.8. The van der Waals surface area contributed by atoms with Crippen LogP contribution in [0.25, 0.3) is 11.3 Å². The summed E-state index contributed by atoms with van der Waals surface area (Å²) in [4.78, 5) is 20.7. The number of hydrogen-bond donors (Lipinski definition) is 2. The van der Waals surface area contributed by atoms with Crippen LogP contribution in [0, 0.1) is 6.92 Å². The summed E-state index contributed by atoms with van der Waals surface area (Å²) in [7, 11) is -3.15. The Morgan fingerprint density at radius 2 is 1.97 bits per heavy atom. The van der Waals surface area contributed by atoms with Crippen LogP contribution in [0.15, 0.2) is 18.6 Å². The Morgan fingerprint density at radius 3 is 2.57 bits per heavy atom. The van der Waals surface area contributed by atoms with E-state index in [9.17, 15) is 13.2 Å². The van der Waals surface area contributed by atoms with Crippen LogP contribution >= 0.6 is 0 Å². The van der Waals surface area contributed by atoms with Gasteiger partial charge in [0, 0.05) is 37.1 Å². The van der Waals surface area contributed by atoms with E-state index in [1.807, 2.05) is 6.92 Å². The molecule has 0 saturated carbocycles. The molecule has 1 aliphatic rings. The van der Waals surface area contributed by atoms with Crippen molar-refractivity contribution in [3.63, 3.8) is 0 Å². The Morgan fingerprint density at radius 1 is 1.30 bits per heavy atom. The molecule has 0 atom stereocenters. The smallest absolute Gasteiger partial charge is 0.244 e. The molecule has 3 heterocycles. The van der Waals surface area contributed by atoms with Gasteiger partial charge in [0.05, 0.1) is 17.6 Å². The molecule has 0 spiro atoms. The molecule has 0 radical (unpaired) electrons. The van der Waals surface area contributed by atoms with E-state index in [4.69, 9.17) is 5.73 Å². The highest BCUT2D eigenvalue weighted by Gasteiger charge is 2.29. The van der Waals surface area contributed by atoms with Crippen LogP contribution in [0.2, 0.25) is 0 Å². The van der Waals surface area contributed by atoms with Crippen LogP contribution in [-0.4, -0.2) is 63.3 Å². The minimum absolute atomic E-state index is 0.0976. The highest BCUT2D eigenvalue weighted by molar-refractivity contribution is 7.89. The number of carbonyl (C=O) groups is 1. The van der Waals surface area contributed by atoms with Gasteiger partial charge < -0.3 is 11.1 Å². The first-order chi connectivity index (χ1) is 14.0. The Kier molecular flexibility index (Phi) is 6.14. The first kappa shape index (κ1) is 22.2. The summed E-state index contributed by atoms with van der Waals surface area (Å²) in [6, 6.07) is 0.0976. The largest absolute Gasteiger partial charge is 0.368 e. The third kappa shape index (κ3) is 4.46. The van der Waals surface area contributed by atoms with E-state index >= 15 is 0 Å². The van der Waals surface area contributed by atoms with E-state index < -0.39 is 21.5 Å². The normalized spacial score (nSPS) is 16.5. The van der Waals surface area contributed by atoms with Gasteiger partial charge in [-0.05, 0) is 46.1 Å². The highest BCUT2D eigenvalue weighted by Crippen LogP contribution is 2.25. The molecule has 11 heteroatoms. The van der Waals surface area contributed by atoms with Gasteiger partial charge in [0.15, 0.2) is 0 Å². The monoisotopic (exact) mass is 435 g/mol. The van der Waals surface area contributed by atoms with Crippen LogP contribution in [-0.2, 0) is 20.4 Å². The Bertz CT molecular complexity index is 1020. The number of sulfonamides is 1. The molecule has 1 aliphatic heterocycles. The number of piperidine rings is 1. The maximum atomic E-state index is 12.0. The maximum Gasteiger partial charge on any atom is 0.244 e. The molecule has 0 unspecified atom stereocenters. The van der Waals surface area contributed by atoms with Gasteiger partial charge in [0.1, 0.15) is 5.54 Å². The predicted molar refractivity (Wildman–Crippen MR) is 114 cm³/mol. The molecule has 1 amide bonds. The lowest BCUT2D eigenvalue weighted by molar-refractivity contribution is -0.125. The number of primary amides is 1. The molecule has 2 aromatic heterocycles. The number of aromatic nitrogens is 4. The van der Waals surface area contributed by atoms with Crippen LogP contribution in [0.5, 0.6) is 0 Å². The molecule has 10 nitrogen and oxygen atoms in total. The summed E-state index contributed by atoms with van der Waals surface area (Å²) in [5.74, 6) is 0.125. The maximum absolute atomic E-state index is 12.0. The summed E-state index contributed by atoms with van der Waals surface area (Å²) in [5.41, 5.74) is 6.88. The van der Waals surface area contributed by atoms with Crippen molar-refractivity contribution in [2.75, 3.05) is 24.2 Å². The molecule has 0 bridgehead atoms. The Hall–Kier alpha value is -2.53. The van der Waals surface area contributed by atoms with Crippen molar-refractivity contribution in [2.24, 2.45) is 5.73 Å². The number of hydrogen-bond acceptors (Lipinski definition) is 7. The molecule has 30 heavy (non-hydrogen) atoms.